The molecule has 7 atom stereocenters. The molecule has 282 valence electrons. The summed E-state index contributed by atoms with van der Waals surface area (Å²) in [7, 11) is -3.54. The first-order valence-electron chi connectivity index (χ1n) is 16.7. The van der Waals surface area contributed by atoms with Gasteiger partial charge in [-0.2, -0.15) is 0 Å². The Kier molecular flexibility index (Phi) is 12.7. The average Bonchev–Trinajstić information content (AvgIpc) is 3.27. The summed E-state index contributed by atoms with van der Waals surface area (Å²) in [5, 5.41) is 11.2. The fourth-order valence-corrected chi connectivity index (χ4v) is 7.18. The van der Waals surface area contributed by atoms with Crippen LogP contribution in [0, 0.1) is 28.1 Å². The minimum absolute atomic E-state index is 0.0590. The summed E-state index contributed by atoms with van der Waals surface area (Å²) in [6, 6.07) is 0.976. The van der Waals surface area contributed by atoms with Crippen molar-refractivity contribution in [1.29, 1.82) is 0 Å². The smallest absolute Gasteiger partial charge is 0.315 e. The zero-order valence-corrected chi connectivity index (χ0v) is 32.1. The van der Waals surface area contributed by atoms with Crippen LogP contribution < -0.4 is 26.0 Å². The SMILES string of the molecule is CC(NC(=O)[C@H](CC(F)F)NC(=O)[C@@H]1[C@@H]2[C@H](CN1C(=O)[C@@H](NC(=O)N[C@H](CNS(C)(=O)=O)C(C)(C)C)C(C)(C)C)C2(C)C)c1ccc(Cl)cc1. The summed E-state index contributed by atoms with van der Waals surface area (Å²) in [6.45, 7) is 16.5. The lowest BCUT2D eigenvalue weighted by molar-refractivity contribution is -0.144. The van der Waals surface area contributed by atoms with Gasteiger partial charge >= 0.3 is 6.03 Å². The first kappa shape index (κ1) is 41.4. The topological polar surface area (TPSA) is 166 Å². The molecule has 0 bridgehead atoms. The number of halogens is 3. The van der Waals surface area contributed by atoms with Gasteiger partial charge in [0.25, 0.3) is 0 Å². The molecule has 1 saturated carbocycles. The second-order valence-electron chi connectivity index (χ2n) is 16.3. The van der Waals surface area contributed by atoms with Crippen molar-refractivity contribution in [1.82, 2.24) is 30.9 Å². The second-order valence-corrected chi connectivity index (χ2v) is 18.6. The van der Waals surface area contributed by atoms with Gasteiger partial charge in [-0.1, -0.05) is 79.1 Å². The first-order valence-corrected chi connectivity index (χ1v) is 19.0. The number of alkyl halides is 2. The normalized spacial score (nSPS) is 22.5. The minimum atomic E-state index is -3.54. The summed E-state index contributed by atoms with van der Waals surface area (Å²) < 4.78 is 53.3. The van der Waals surface area contributed by atoms with Gasteiger partial charge in [-0.3, -0.25) is 14.4 Å². The number of piperidine rings is 1. The fourth-order valence-electron chi connectivity index (χ4n) is 6.58. The van der Waals surface area contributed by atoms with Gasteiger partial charge in [0.15, 0.2) is 0 Å². The van der Waals surface area contributed by atoms with Crippen LogP contribution in [-0.4, -0.2) is 87.0 Å². The number of hydrogen-bond acceptors (Lipinski definition) is 6. The molecular formula is C34H53ClF2N6O6S. The van der Waals surface area contributed by atoms with Crippen molar-refractivity contribution in [3.05, 3.63) is 34.9 Å². The summed E-state index contributed by atoms with van der Waals surface area (Å²) in [5.74, 6) is -2.42. The van der Waals surface area contributed by atoms with Crippen LogP contribution >= 0.6 is 11.6 Å². The Morgan fingerprint density at radius 1 is 0.960 bits per heavy atom. The standard InChI is InChI=1S/C34H53ClF2N6O6S/c1-18(19-11-13-20(35)14-12-19)39-28(44)22(15-24(36)37)40-29(45)26-25-21(34(25,8)9)17-43(26)30(46)27(33(5,6)7)42-31(47)41-23(32(2,3)4)16-38-50(10,48)49/h11-14,18,21-27,38H,15-17H2,1-10H3,(H,39,44)(H,40,45)(H2,41,42,47)/t18?,21-,22-,23+,25-,26-,27+/m0/s1. The van der Waals surface area contributed by atoms with E-state index in [1.807, 2.05) is 34.6 Å². The highest BCUT2D eigenvalue weighted by atomic mass is 35.5. The van der Waals surface area contributed by atoms with E-state index in [0.717, 1.165) is 6.26 Å². The molecule has 12 nitrogen and oxygen atoms in total. The second kappa shape index (κ2) is 15.3. The number of benzene rings is 1. The van der Waals surface area contributed by atoms with Crippen molar-refractivity contribution >= 4 is 45.4 Å². The van der Waals surface area contributed by atoms with Crippen molar-refractivity contribution < 1.29 is 36.4 Å². The maximum Gasteiger partial charge on any atom is 0.315 e. The lowest BCUT2D eigenvalue weighted by Gasteiger charge is -2.38. The number of sulfonamides is 1. The van der Waals surface area contributed by atoms with Gasteiger partial charge in [0, 0.05) is 30.6 Å². The van der Waals surface area contributed by atoms with Crippen molar-refractivity contribution in [2.75, 3.05) is 19.3 Å². The minimum Gasteiger partial charge on any atom is -0.348 e. The number of fused-ring (bicyclic) bond motifs is 1. The van der Waals surface area contributed by atoms with Crippen molar-refractivity contribution in [3.63, 3.8) is 0 Å². The molecule has 2 aliphatic rings. The third kappa shape index (κ3) is 10.5. The van der Waals surface area contributed by atoms with E-state index in [0.29, 0.717) is 10.6 Å². The van der Waals surface area contributed by atoms with Gasteiger partial charge in [-0.05, 0) is 52.7 Å². The van der Waals surface area contributed by atoms with Gasteiger partial charge in [-0.15, -0.1) is 0 Å². The van der Waals surface area contributed by atoms with Crippen LogP contribution in [0.1, 0.15) is 80.3 Å². The monoisotopic (exact) mass is 746 g/mol. The molecule has 5 N–H and O–H groups in total. The molecule has 1 saturated heterocycles. The highest BCUT2D eigenvalue weighted by molar-refractivity contribution is 7.88. The van der Waals surface area contributed by atoms with Crippen molar-refractivity contribution in [2.24, 2.45) is 28.1 Å². The molecular weight excluding hydrogens is 694 g/mol. The van der Waals surface area contributed by atoms with Crippen LogP contribution in [0.15, 0.2) is 24.3 Å². The van der Waals surface area contributed by atoms with E-state index in [1.165, 1.54) is 4.90 Å². The van der Waals surface area contributed by atoms with Crippen LogP contribution in [0.5, 0.6) is 0 Å². The number of nitrogens with one attached hydrogen (secondary N) is 5. The Morgan fingerprint density at radius 3 is 2.04 bits per heavy atom. The zero-order valence-electron chi connectivity index (χ0n) is 30.5. The van der Waals surface area contributed by atoms with E-state index < -0.39 is 87.7 Å². The van der Waals surface area contributed by atoms with E-state index in [9.17, 15) is 36.4 Å². The van der Waals surface area contributed by atoms with Crippen LogP contribution in [0.3, 0.4) is 0 Å². The number of rotatable bonds is 13. The van der Waals surface area contributed by atoms with E-state index in [4.69, 9.17) is 11.6 Å². The Hall–Kier alpha value is -3.04. The number of amides is 5. The van der Waals surface area contributed by atoms with Crippen LogP contribution in [0.4, 0.5) is 13.6 Å². The van der Waals surface area contributed by atoms with E-state index in [1.54, 1.807) is 52.0 Å². The molecule has 1 unspecified atom stereocenters. The van der Waals surface area contributed by atoms with E-state index in [-0.39, 0.29) is 30.3 Å². The molecule has 2 fully saturated rings. The molecule has 0 spiro atoms. The molecule has 5 amide bonds. The summed E-state index contributed by atoms with van der Waals surface area (Å²) >= 11 is 5.96. The molecule has 1 aromatic rings. The van der Waals surface area contributed by atoms with Crippen molar-refractivity contribution in [2.45, 2.75) is 105 Å². The zero-order chi connectivity index (χ0) is 38.1. The first-order chi connectivity index (χ1) is 22.7. The third-order valence-electron chi connectivity index (χ3n) is 9.82. The predicted molar refractivity (Wildman–Crippen MR) is 188 cm³/mol. The Bertz CT molecular complexity index is 1530. The summed E-state index contributed by atoms with van der Waals surface area (Å²) in [5.41, 5.74) is -1.04. The molecule has 1 aliphatic carbocycles. The number of likely N-dealkylation sites (tertiary alicyclic amines) is 1. The van der Waals surface area contributed by atoms with Crippen molar-refractivity contribution in [3.8, 4) is 0 Å². The van der Waals surface area contributed by atoms with Gasteiger partial charge in [0.1, 0.15) is 18.1 Å². The molecule has 0 radical (unpaired) electrons. The predicted octanol–water partition coefficient (Wildman–Crippen LogP) is 3.82. The number of carbonyl (C=O) groups is 4. The van der Waals surface area contributed by atoms with Gasteiger partial charge in [-0.25, -0.2) is 26.7 Å². The summed E-state index contributed by atoms with van der Waals surface area (Å²) in [4.78, 5) is 56.3. The maximum atomic E-state index is 14.3. The fraction of sp³-hybridized carbons (Fsp3) is 0.706. The van der Waals surface area contributed by atoms with Crippen LogP contribution in [0.25, 0.3) is 0 Å². The van der Waals surface area contributed by atoms with Gasteiger partial charge in [0.05, 0.1) is 12.3 Å². The Morgan fingerprint density at radius 2 is 1.54 bits per heavy atom. The molecule has 16 heteroatoms. The Balaban J connectivity index is 1.83. The highest BCUT2D eigenvalue weighted by Crippen LogP contribution is 2.65. The molecule has 1 heterocycles. The molecule has 1 aromatic carbocycles. The third-order valence-corrected chi connectivity index (χ3v) is 10.8. The van der Waals surface area contributed by atoms with Gasteiger partial charge in [0.2, 0.25) is 34.2 Å². The van der Waals surface area contributed by atoms with Gasteiger partial charge < -0.3 is 26.2 Å². The maximum absolute atomic E-state index is 14.3. The number of nitrogens with zero attached hydrogens (tertiary/aromatic N) is 1. The molecule has 50 heavy (non-hydrogen) atoms. The summed E-state index contributed by atoms with van der Waals surface area (Å²) in [6.07, 6.45) is -2.82. The average molecular weight is 747 g/mol. The molecule has 1 aliphatic heterocycles. The Labute approximate surface area is 299 Å². The highest BCUT2D eigenvalue weighted by Gasteiger charge is 2.70. The molecule has 3 rings (SSSR count). The number of hydrogen-bond donors (Lipinski definition) is 5. The van der Waals surface area contributed by atoms with E-state index >= 15 is 0 Å². The lowest BCUT2D eigenvalue weighted by Crippen LogP contribution is -2.62. The molecule has 0 aromatic heterocycles. The van der Waals surface area contributed by atoms with Crippen LogP contribution in [-0.2, 0) is 24.4 Å². The number of carbonyl (C=O) groups excluding carboxylic acids is 4. The van der Waals surface area contributed by atoms with E-state index in [2.05, 4.69) is 26.0 Å². The number of urea groups is 1. The van der Waals surface area contributed by atoms with Crippen LogP contribution in [0.2, 0.25) is 5.02 Å². The quantitative estimate of drug-likeness (QED) is 0.206. The largest absolute Gasteiger partial charge is 0.348 e. The lowest BCUT2D eigenvalue weighted by atomic mass is 9.85.